The third-order valence-corrected chi connectivity index (χ3v) is 4.80. The van der Waals surface area contributed by atoms with Gasteiger partial charge in [-0.1, -0.05) is 27.7 Å². The summed E-state index contributed by atoms with van der Waals surface area (Å²) in [5.74, 6) is 0.183. The van der Waals surface area contributed by atoms with Gasteiger partial charge in [-0.25, -0.2) is 0 Å². The Labute approximate surface area is 116 Å². The van der Waals surface area contributed by atoms with Crippen molar-refractivity contribution in [1.82, 2.24) is 4.90 Å². The minimum absolute atomic E-state index is 0.0123. The molecule has 0 bridgehead atoms. The number of hydrogen-bond acceptors (Lipinski definition) is 2. The molecule has 1 amide bonds. The molecule has 1 aliphatic rings. The molecule has 1 heterocycles. The minimum atomic E-state index is -0.965. The topological polar surface area (TPSA) is 57.6 Å². The van der Waals surface area contributed by atoms with Gasteiger partial charge in [0.1, 0.15) is 0 Å². The SMILES string of the molecule is CC(C)C1CCN(C(=O)CC(C)(C(=O)O)C(C)C)C1. The molecule has 1 N–H and O–H groups in total. The van der Waals surface area contributed by atoms with Crippen LogP contribution in [-0.4, -0.2) is 35.0 Å². The molecule has 2 unspecified atom stereocenters. The summed E-state index contributed by atoms with van der Waals surface area (Å²) < 4.78 is 0. The lowest BCUT2D eigenvalue weighted by atomic mass is 9.76. The van der Waals surface area contributed by atoms with Crippen LogP contribution in [0.3, 0.4) is 0 Å². The molecule has 0 saturated carbocycles. The van der Waals surface area contributed by atoms with E-state index in [1.54, 1.807) is 6.92 Å². The molecule has 2 atom stereocenters. The average molecular weight is 269 g/mol. The fraction of sp³-hybridized carbons (Fsp3) is 0.867. The van der Waals surface area contributed by atoms with E-state index < -0.39 is 11.4 Å². The van der Waals surface area contributed by atoms with Crippen molar-refractivity contribution >= 4 is 11.9 Å². The highest BCUT2D eigenvalue weighted by molar-refractivity contribution is 5.85. The second kappa shape index (κ2) is 5.93. The van der Waals surface area contributed by atoms with E-state index in [-0.39, 0.29) is 18.2 Å². The Morgan fingerprint density at radius 3 is 2.26 bits per heavy atom. The first-order valence-electron chi connectivity index (χ1n) is 7.19. The van der Waals surface area contributed by atoms with Crippen molar-refractivity contribution in [3.63, 3.8) is 0 Å². The molecular formula is C15H27NO3. The van der Waals surface area contributed by atoms with Gasteiger partial charge < -0.3 is 10.0 Å². The predicted octanol–water partition coefficient (Wildman–Crippen LogP) is 2.63. The van der Waals surface area contributed by atoms with Gasteiger partial charge in [-0.3, -0.25) is 9.59 Å². The van der Waals surface area contributed by atoms with Crippen molar-refractivity contribution in [3.8, 4) is 0 Å². The fourth-order valence-corrected chi connectivity index (χ4v) is 2.51. The fourth-order valence-electron chi connectivity index (χ4n) is 2.51. The molecule has 1 fully saturated rings. The average Bonchev–Trinajstić information content (AvgIpc) is 2.77. The summed E-state index contributed by atoms with van der Waals surface area (Å²) in [5, 5.41) is 9.36. The maximum atomic E-state index is 12.3. The van der Waals surface area contributed by atoms with Gasteiger partial charge in [0.15, 0.2) is 0 Å². The van der Waals surface area contributed by atoms with E-state index in [4.69, 9.17) is 0 Å². The van der Waals surface area contributed by atoms with Gasteiger partial charge in [0.2, 0.25) is 5.91 Å². The highest BCUT2D eigenvalue weighted by Crippen LogP contribution is 2.33. The molecule has 1 saturated heterocycles. The Hall–Kier alpha value is -1.06. The summed E-state index contributed by atoms with van der Waals surface area (Å²) in [6.45, 7) is 11.3. The second-order valence-electron chi connectivity index (χ2n) is 6.69. The highest BCUT2D eigenvalue weighted by atomic mass is 16.4. The number of carboxylic acids is 1. The molecule has 0 aromatic rings. The Balaban J connectivity index is 2.67. The van der Waals surface area contributed by atoms with Crippen LogP contribution in [0.2, 0.25) is 0 Å². The maximum absolute atomic E-state index is 12.3. The molecule has 0 aromatic carbocycles. The van der Waals surface area contributed by atoms with Gasteiger partial charge in [-0.2, -0.15) is 0 Å². The van der Waals surface area contributed by atoms with E-state index in [9.17, 15) is 14.7 Å². The van der Waals surface area contributed by atoms with Crippen molar-refractivity contribution in [1.29, 1.82) is 0 Å². The zero-order valence-corrected chi connectivity index (χ0v) is 12.8. The minimum Gasteiger partial charge on any atom is -0.481 e. The van der Waals surface area contributed by atoms with E-state index in [0.29, 0.717) is 11.8 Å². The van der Waals surface area contributed by atoms with Crippen LogP contribution in [0.5, 0.6) is 0 Å². The van der Waals surface area contributed by atoms with Crippen LogP contribution in [0.1, 0.15) is 47.5 Å². The van der Waals surface area contributed by atoms with Gasteiger partial charge in [0.25, 0.3) is 0 Å². The summed E-state index contributed by atoms with van der Waals surface area (Å²) in [5.41, 5.74) is -0.965. The monoisotopic (exact) mass is 269 g/mol. The molecule has 19 heavy (non-hydrogen) atoms. The van der Waals surface area contributed by atoms with Crippen molar-refractivity contribution in [3.05, 3.63) is 0 Å². The van der Waals surface area contributed by atoms with E-state index in [1.165, 1.54) is 0 Å². The summed E-state index contributed by atoms with van der Waals surface area (Å²) in [6, 6.07) is 0. The van der Waals surface area contributed by atoms with Gasteiger partial charge >= 0.3 is 5.97 Å². The van der Waals surface area contributed by atoms with Crippen molar-refractivity contribution in [2.75, 3.05) is 13.1 Å². The van der Waals surface area contributed by atoms with Crippen LogP contribution in [-0.2, 0) is 9.59 Å². The lowest BCUT2D eigenvalue weighted by Crippen LogP contribution is -2.40. The summed E-state index contributed by atoms with van der Waals surface area (Å²) in [7, 11) is 0. The standard InChI is InChI=1S/C15H27NO3/c1-10(2)12-6-7-16(9-12)13(17)8-15(5,11(3)4)14(18)19/h10-12H,6-9H2,1-5H3,(H,18,19). The Kier molecular flexibility index (Phi) is 4.99. The number of rotatable bonds is 5. The Morgan fingerprint density at radius 1 is 1.32 bits per heavy atom. The van der Waals surface area contributed by atoms with E-state index in [2.05, 4.69) is 13.8 Å². The first kappa shape index (κ1) is 16.0. The molecule has 110 valence electrons. The number of hydrogen-bond donors (Lipinski definition) is 1. The van der Waals surface area contributed by atoms with Crippen molar-refractivity contribution in [2.24, 2.45) is 23.2 Å². The molecule has 1 aliphatic heterocycles. The number of likely N-dealkylation sites (tertiary alicyclic amines) is 1. The zero-order chi connectivity index (χ0) is 14.8. The zero-order valence-electron chi connectivity index (χ0n) is 12.8. The normalized spacial score (nSPS) is 22.9. The molecule has 1 rings (SSSR count). The number of carboxylic acid groups (broad SMARTS) is 1. The first-order valence-corrected chi connectivity index (χ1v) is 7.19. The molecule has 0 spiro atoms. The van der Waals surface area contributed by atoms with Crippen molar-refractivity contribution < 1.29 is 14.7 Å². The lowest BCUT2D eigenvalue weighted by Gasteiger charge is -2.30. The van der Waals surface area contributed by atoms with Crippen molar-refractivity contribution in [2.45, 2.75) is 47.5 Å². The van der Waals surface area contributed by atoms with Crippen LogP contribution in [0.15, 0.2) is 0 Å². The van der Waals surface area contributed by atoms with Gasteiger partial charge in [0.05, 0.1) is 5.41 Å². The number of nitrogens with zero attached hydrogens (tertiary/aromatic N) is 1. The molecule has 4 heteroatoms. The molecular weight excluding hydrogens is 242 g/mol. The van der Waals surface area contributed by atoms with E-state index in [0.717, 1.165) is 19.5 Å². The van der Waals surface area contributed by atoms with Gasteiger partial charge in [0, 0.05) is 19.5 Å². The van der Waals surface area contributed by atoms with Crippen LogP contribution < -0.4 is 0 Å². The molecule has 0 radical (unpaired) electrons. The first-order chi connectivity index (χ1) is 8.68. The second-order valence-corrected chi connectivity index (χ2v) is 6.69. The number of carbonyl (C=O) groups excluding carboxylic acids is 1. The van der Waals surface area contributed by atoms with Gasteiger partial charge in [-0.05, 0) is 31.1 Å². The van der Waals surface area contributed by atoms with Crippen LogP contribution >= 0.6 is 0 Å². The van der Waals surface area contributed by atoms with E-state index in [1.807, 2.05) is 18.7 Å². The Bertz CT molecular complexity index is 351. The smallest absolute Gasteiger partial charge is 0.310 e. The summed E-state index contributed by atoms with van der Waals surface area (Å²) in [6.07, 6.45) is 1.14. The quantitative estimate of drug-likeness (QED) is 0.834. The highest BCUT2D eigenvalue weighted by Gasteiger charge is 2.41. The molecule has 0 aliphatic carbocycles. The van der Waals surface area contributed by atoms with Gasteiger partial charge in [-0.15, -0.1) is 0 Å². The predicted molar refractivity (Wildman–Crippen MR) is 74.7 cm³/mol. The lowest BCUT2D eigenvalue weighted by molar-refractivity contribution is -0.155. The Morgan fingerprint density at radius 2 is 1.89 bits per heavy atom. The van der Waals surface area contributed by atoms with Crippen LogP contribution in [0, 0.1) is 23.2 Å². The van der Waals surface area contributed by atoms with Crippen LogP contribution in [0.25, 0.3) is 0 Å². The van der Waals surface area contributed by atoms with Crippen LogP contribution in [0.4, 0.5) is 0 Å². The maximum Gasteiger partial charge on any atom is 0.310 e. The number of amides is 1. The molecule has 0 aromatic heterocycles. The largest absolute Gasteiger partial charge is 0.481 e. The summed E-state index contributed by atoms with van der Waals surface area (Å²) >= 11 is 0. The summed E-state index contributed by atoms with van der Waals surface area (Å²) in [4.78, 5) is 25.6. The molecule has 4 nitrogen and oxygen atoms in total. The number of carbonyl (C=O) groups is 2. The number of aliphatic carboxylic acids is 1. The third-order valence-electron chi connectivity index (χ3n) is 4.80. The third kappa shape index (κ3) is 3.48. The van der Waals surface area contributed by atoms with E-state index >= 15 is 0 Å².